The Bertz CT molecular complexity index is 405. The number of amides is 1. The maximum absolute atomic E-state index is 12.3. The molecule has 2 rings (SSSR count). The quantitative estimate of drug-likeness (QED) is 0.868. The molecule has 4 nitrogen and oxygen atoms in total. The van der Waals surface area contributed by atoms with Crippen LogP contribution in [0.5, 0.6) is 0 Å². The van der Waals surface area contributed by atoms with Gasteiger partial charge in [0.25, 0.3) is 5.91 Å². The van der Waals surface area contributed by atoms with Crippen LogP contribution in [0.3, 0.4) is 0 Å². The number of carbonyl (C=O) groups is 1. The smallest absolute Gasteiger partial charge is 0.257 e. The molecule has 0 aromatic carbocycles. The predicted octanol–water partition coefficient (Wildman–Crippen LogP) is 2.00. The molecule has 1 fully saturated rings. The molecule has 92 valence electrons. The third-order valence-corrected chi connectivity index (χ3v) is 3.47. The fraction of sp³-hybridized carbons (Fsp3) is 0.538. The molecule has 0 aliphatic carbocycles. The van der Waals surface area contributed by atoms with Gasteiger partial charge in [-0.05, 0) is 18.4 Å². The van der Waals surface area contributed by atoms with E-state index in [1.54, 1.807) is 12.4 Å². The van der Waals surface area contributed by atoms with E-state index in [9.17, 15) is 4.79 Å². The molecule has 1 N–H and O–H groups in total. The van der Waals surface area contributed by atoms with E-state index in [0.29, 0.717) is 11.5 Å². The maximum Gasteiger partial charge on any atom is 0.257 e. The molecule has 1 aliphatic heterocycles. The van der Waals surface area contributed by atoms with Crippen molar-refractivity contribution in [2.75, 3.05) is 25.5 Å². The molecule has 1 atom stereocenters. The van der Waals surface area contributed by atoms with Gasteiger partial charge >= 0.3 is 0 Å². The summed E-state index contributed by atoms with van der Waals surface area (Å²) in [6.45, 7) is 3.94. The number of aromatic nitrogens is 1. The fourth-order valence-corrected chi connectivity index (χ4v) is 2.30. The molecule has 1 aromatic rings. The van der Waals surface area contributed by atoms with Gasteiger partial charge in [-0.25, -0.2) is 0 Å². The van der Waals surface area contributed by atoms with E-state index in [1.165, 1.54) is 0 Å². The number of anilines is 1. The molecule has 1 saturated heterocycles. The van der Waals surface area contributed by atoms with Gasteiger partial charge < -0.3 is 10.2 Å². The van der Waals surface area contributed by atoms with E-state index >= 15 is 0 Å². The molecule has 4 heteroatoms. The summed E-state index contributed by atoms with van der Waals surface area (Å²) in [6, 6.07) is 1.83. The molecular weight excluding hydrogens is 214 g/mol. The van der Waals surface area contributed by atoms with Crippen molar-refractivity contribution in [3.8, 4) is 0 Å². The van der Waals surface area contributed by atoms with Crippen molar-refractivity contribution in [2.45, 2.75) is 19.8 Å². The molecule has 17 heavy (non-hydrogen) atoms. The van der Waals surface area contributed by atoms with Crippen LogP contribution in [-0.2, 0) is 0 Å². The van der Waals surface area contributed by atoms with Gasteiger partial charge in [0.1, 0.15) is 0 Å². The minimum absolute atomic E-state index is 0.0957. The van der Waals surface area contributed by atoms with E-state index < -0.39 is 0 Å². The average molecular weight is 233 g/mol. The van der Waals surface area contributed by atoms with Crippen LogP contribution in [-0.4, -0.2) is 35.9 Å². The Morgan fingerprint density at radius 1 is 1.65 bits per heavy atom. The van der Waals surface area contributed by atoms with E-state index in [2.05, 4.69) is 17.2 Å². The Morgan fingerprint density at radius 3 is 3.12 bits per heavy atom. The summed E-state index contributed by atoms with van der Waals surface area (Å²) in [5.41, 5.74) is 1.52. The van der Waals surface area contributed by atoms with E-state index in [0.717, 1.165) is 31.6 Å². The summed E-state index contributed by atoms with van der Waals surface area (Å²) in [5.74, 6) is 0.757. The molecule has 1 amide bonds. The largest absolute Gasteiger partial charge is 0.387 e. The van der Waals surface area contributed by atoms with Gasteiger partial charge in [-0.1, -0.05) is 13.3 Å². The van der Waals surface area contributed by atoms with Gasteiger partial charge in [0.15, 0.2) is 0 Å². The standard InChI is InChI=1S/C13H19N3O/c1-3-10-5-7-16(9-10)13(17)11-8-15-6-4-12(11)14-2/h4,6,8,10H,3,5,7,9H2,1-2H3,(H,14,15). The average Bonchev–Trinajstić information content (AvgIpc) is 2.86. The lowest BCUT2D eigenvalue weighted by atomic mass is 10.1. The number of hydrogen-bond donors (Lipinski definition) is 1. The zero-order valence-corrected chi connectivity index (χ0v) is 10.4. The van der Waals surface area contributed by atoms with E-state index in [1.807, 2.05) is 18.0 Å². The second-order valence-corrected chi connectivity index (χ2v) is 4.49. The molecular formula is C13H19N3O. The number of carbonyl (C=O) groups excluding carboxylic acids is 1. The first kappa shape index (κ1) is 11.9. The first-order chi connectivity index (χ1) is 8.26. The minimum Gasteiger partial charge on any atom is -0.387 e. The Hall–Kier alpha value is -1.58. The molecule has 0 bridgehead atoms. The lowest BCUT2D eigenvalue weighted by molar-refractivity contribution is 0.0787. The molecule has 0 radical (unpaired) electrons. The van der Waals surface area contributed by atoms with Crippen LogP contribution in [0.1, 0.15) is 30.1 Å². The molecule has 0 saturated carbocycles. The van der Waals surface area contributed by atoms with Crippen molar-refractivity contribution < 1.29 is 4.79 Å². The first-order valence-corrected chi connectivity index (χ1v) is 6.17. The predicted molar refractivity (Wildman–Crippen MR) is 68.1 cm³/mol. The Balaban J connectivity index is 2.15. The highest BCUT2D eigenvalue weighted by atomic mass is 16.2. The number of nitrogens with zero attached hydrogens (tertiary/aromatic N) is 2. The van der Waals surface area contributed by atoms with Crippen molar-refractivity contribution >= 4 is 11.6 Å². The van der Waals surface area contributed by atoms with Gasteiger partial charge in [-0.3, -0.25) is 9.78 Å². The molecule has 1 aliphatic rings. The second kappa shape index (κ2) is 5.17. The zero-order chi connectivity index (χ0) is 12.3. The lowest BCUT2D eigenvalue weighted by Crippen LogP contribution is -2.29. The SMILES string of the molecule is CCC1CCN(C(=O)c2cnccc2NC)C1. The van der Waals surface area contributed by atoms with Crippen LogP contribution in [0, 0.1) is 5.92 Å². The zero-order valence-electron chi connectivity index (χ0n) is 10.4. The number of rotatable bonds is 3. The van der Waals surface area contributed by atoms with Crippen LogP contribution in [0.25, 0.3) is 0 Å². The monoisotopic (exact) mass is 233 g/mol. The van der Waals surface area contributed by atoms with Crippen LogP contribution >= 0.6 is 0 Å². The summed E-state index contributed by atoms with van der Waals surface area (Å²) in [6.07, 6.45) is 5.61. The number of nitrogens with one attached hydrogen (secondary N) is 1. The van der Waals surface area contributed by atoms with Gasteiger partial charge in [-0.2, -0.15) is 0 Å². The topological polar surface area (TPSA) is 45.2 Å². The minimum atomic E-state index is 0.0957. The number of likely N-dealkylation sites (tertiary alicyclic amines) is 1. The summed E-state index contributed by atoms with van der Waals surface area (Å²) >= 11 is 0. The van der Waals surface area contributed by atoms with E-state index in [-0.39, 0.29) is 5.91 Å². The van der Waals surface area contributed by atoms with Gasteiger partial charge in [0.2, 0.25) is 0 Å². The highest BCUT2D eigenvalue weighted by Gasteiger charge is 2.26. The van der Waals surface area contributed by atoms with Crippen LogP contribution in [0.4, 0.5) is 5.69 Å². The molecule has 1 aromatic heterocycles. The Morgan fingerprint density at radius 2 is 2.47 bits per heavy atom. The van der Waals surface area contributed by atoms with Crippen molar-refractivity contribution in [3.63, 3.8) is 0 Å². The van der Waals surface area contributed by atoms with Crippen LogP contribution in [0.2, 0.25) is 0 Å². The van der Waals surface area contributed by atoms with Crippen LogP contribution < -0.4 is 5.32 Å². The van der Waals surface area contributed by atoms with Crippen molar-refractivity contribution in [1.29, 1.82) is 0 Å². The molecule has 0 spiro atoms. The van der Waals surface area contributed by atoms with Crippen LogP contribution in [0.15, 0.2) is 18.5 Å². The molecule has 2 heterocycles. The maximum atomic E-state index is 12.3. The third-order valence-electron chi connectivity index (χ3n) is 3.47. The highest BCUT2D eigenvalue weighted by molar-refractivity contribution is 5.99. The first-order valence-electron chi connectivity index (χ1n) is 6.17. The summed E-state index contributed by atoms with van der Waals surface area (Å²) in [4.78, 5) is 18.3. The summed E-state index contributed by atoms with van der Waals surface area (Å²) in [7, 11) is 1.82. The van der Waals surface area contributed by atoms with Gasteiger partial charge in [0.05, 0.1) is 5.56 Å². The third kappa shape index (κ3) is 2.40. The van der Waals surface area contributed by atoms with E-state index in [4.69, 9.17) is 0 Å². The number of pyridine rings is 1. The van der Waals surface area contributed by atoms with Crippen molar-refractivity contribution in [1.82, 2.24) is 9.88 Å². The molecule has 1 unspecified atom stereocenters. The Labute approximate surface area is 102 Å². The second-order valence-electron chi connectivity index (χ2n) is 4.49. The highest BCUT2D eigenvalue weighted by Crippen LogP contribution is 2.23. The van der Waals surface area contributed by atoms with Crippen molar-refractivity contribution in [3.05, 3.63) is 24.0 Å². The number of hydrogen-bond acceptors (Lipinski definition) is 3. The van der Waals surface area contributed by atoms with Crippen molar-refractivity contribution in [2.24, 2.45) is 5.92 Å². The fourth-order valence-electron chi connectivity index (χ4n) is 2.30. The summed E-state index contributed by atoms with van der Waals surface area (Å²) < 4.78 is 0. The lowest BCUT2D eigenvalue weighted by Gasteiger charge is -2.17. The van der Waals surface area contributed by atoms with Gasteiger partial charge in [0, 0.05) is 38.2 Å². The Kier molecular flexibility index (Phi) is 3.61. The normalized spacial score (nSPS) is 19.4. The van der Waals surface area contributed by atoms with Gasteiger partial charge in [-0.15, -0.1) is 0 Å². The summed E-state index contributed by atoms with van der Waals surface area (Å²) in [5, 5.41) is 3.04.